The first-order valence-electron chi connectivity index (χ1n) is 23.7. The molecule has 0 spiro atoms. The van der Waals surface area contributed by atoms with Crippen LogP contribution in [0.4, 0.5) is 17.1 Å². The summed E-state index contributed by atoms with van der Waals surface area (Å²) in [6, 6.07) is 92.4. The summed E-state index contributed by atoms with van der Waals surface area (Å²) in [7, 11) is 0. The first-order valence-corrected chi connectivity index (χ1v) is 23.7. The van der Waals surface area contributed by atoms with E-state index in [0.29, 0.717) is 0 Å². The first-order chi connectivity index (χ1) is 34.2. The first kappa shape index (κ1) is 39.0. The van der Waals surface area contributed by atoms with Crippen molar-refractivity contribution in [2.24, 2.45) is 0 Å². The molecule has 0 amide bonds. The van der Waals surface area contributed by atoms with Crippen LogP contribution in [-0.4, -0.2) is 4.57 Å². The van der Waals surface area contributed by atoms with Crippen molar-refractivity contribution < 1.29 is 4.42 Å². The van der Waals surface area contributed by atoms with E-state index in [1.807, 2.05) is 0 Å². The van der Waals surface area contributed by atoms with E-state index in [9.17, 15) is 0 Å². The number of hydrogen-bond donors (Lipinski definition) is 0. The second-order valence-electron chi connectivity index (χ2n) is 18.0. The lowest BCUT2D eigenvalue weighted by Gasteiger charge is -2.27. The minimum atomic E-state index is 0.869. The quantitative estimate of drug-likeness (QED) is 0.149. The van der Waals surface area contributed by atoms with Crippen molar-refractivity contribution >= 4 is 93.1 Å². The standard InChI is InChI=1S/C66H42N2O/c1-3-15-44(16-4-1)54-38-40-63(64-58-37-31-45-17-7-10-22-53(45)65(58)69-66(54)64)67(51-35-29-46(30-36-51)59-42-48-18-8-9-21-52(48)55-23-11-12-24-56(55)59)50-33-27-43(28-34-50)47-32-39-62-60(41-47)57-25-13-14-26-61(57)68(62)49-19-5-2-6-20-49/h1-42H. The maximum absolute atomic E-state index is 7.11. The predicted octanol–water partition coefficient (Wildman–Crippen LogP) is 18.6. The second kappa shape index (κ2) is 15.7. The lowest BCUT2D eigenvalue weighted by Crippen LogP contribution is -2.10. The molecule has 0 aliphatic heterocycles. The Balaban J connectivity index is 0.957. The van der Waals surface area contributed by atoms with E-state index in [2.05, 4.69) is 264 Å². The monoisotopic (exact) mass is 878 g/mol. The molecule has 0 saturated heterocycles. The van der Waals surface area contributed by atoms with Crippen LogP contribution < -0.4 is 4.90 Å². The molecule has 14 rings (SSSR count). The van der Waals surface area contributed by atoms with Gasteiger partial charge in [-0.15, -0.1) is 0 Å². The molecule has 0 fully saturated rings. The van der Waals surface area contributed by atoms with Gasteiger partial charge in [0.1, 0.15) is 11.2 Å². The van der Waals surface area contributed by atoms with Crippen molar-refractivity contribution in [2.75, 3.05) is 4.90 Å². The van der Waals surface area contributed by atoms with E-state index >= 15 is 0 Å². The van der Waals surface area contributed by atoms with Gasteiger partial charge < -0.3 is 13.9 Å². The highest BCUT2D eigenvalue weighted by molar-refractivity contribution is 6.22. The molecule has 2 heterocycles. The maximum Gasteiger partial charge on any atom is 0.145 e. The summed E-state index contributed by atoms with van der Waals surface area (Å²) in [5, 5.41) is 11.9. The highest BCUT2D eigenvalue weighted by Gasteiger charge is 2.24. The van der Waals surface area contributed by atoms with E-state index in [1.165, 1.54) is 60.0 Å². The third-order valence-electron chi connectivity index (χ3n) is 14.2. The molecular weight excluding hydrogens is 837 g/mol. The lowest BCUT2D eigenvalue weighted by atomic mass is 9.93. The minimum Gasteiger partial charge on any atom is -0.455 e. The van der Waals surface area contributed by atoms with Crippen LogP contribution >= 0.6 is 0 Å². The Morgan fingerprint density at radius 1 is 0.304 bits per heavy atom. The molecule has 0 unspecified atom stereocenters. The zero-order valence-corrected chi connectivity index (χ0v) is 37.6. The Kier molecular flexibility index (Phi) is 8.90. The van der Waals surface area contributed by atoms with Crippen molar-refractivity contribution in [3.05, 3.63) is 255 Å². The van der Waals surface area contributed by atoms with Gasteiger partial charge in [0.15, 0.2) is 0 Å². The summed E-state index contributed by atoms with van der Waals surface area (Å²) in [4.78, 5) is 2.41. The van der Waals surface area contributed by atoms with Crippen molar-refractivity contribution in [3.8, 4) is 39.1 Å². The number of hydrogen-bond acceptors (Lipinski definition) is 2. The third kappa shape index (κ3) is 6.29. The SMILES string of the molecule is c1ccc(-c2ccc(N(c3ccc(-c4ccc5c(c4)c4ccccc4n5-c4ccccc4)cc3)c3ccc(-c4cc5ccccc5c5ccccc45)cc3)c3c2oc2c4ccccc4ccc23)cc1. The van der Waals surface area contributed by atoms with Crippen molar-refractivity contribution in [1.82, 2.24) is 4.57 Å². The van der Waals surface area contributed by atoms with Gasteiger partial charge in [-0.25, -0.2) is 0 Å². The molecule has 322 valence electrons. The maximum atomic E-state index is 7.11. The third-order valence-corrected chi connectivity index (χ3v) is 14.2. The zero-order valence-electron chi connectivity index (χ0n) is 37.6. The zero-order chi connectivity index (χ0) is 45.4. The van der Waals surface area contributed by atoms with E-state index in [-0.39, 0.29) is 0 Å². The van der Waals surface area contributed by atoms with Gasteiger partial charge in [0.2, 0.25) is 0 Å². The van der Waals surface area contributed by atoms with E-state index < -0.39 is 0 Å². The molecule has 0 bridgehead atoms. The number of furan rings is 1. The number of anilines is 3. The average Bonchev–Trinajstić information content (AvgIpc) is 3.99. The number of para-hydroxylation sites is 2. The molecule has 0 atom stereocenters. The van der Waals surface area contributed by atoms with Crippen LogP contribution in [0.15, 0.2) is 259 Å². The Morgan fingerprint density at radius 3 is 1.65 bits per heavy atom. The van der Waals surface area contributed by atoms with Gasteiger partial charge in [0, 0.05) is 44.2 Å². The summed E-state index contributed by atoms with van der Waals surface area (Å²) in [5.41, 5.74) is 15.4. The normalized spacial score (nSPS) is 11.8. The summed E-state index contributed by atoms with van der Waals surface area (Å²) < 4.78 is 9.48. The Morgan fingerprint density at radius 2 is 0.884 bits per heavy atom. The van der Waals surface area contributed by atoms with E-state index in [1.54, 1.807) is 0 Å². The van der Waals surface area contributed by atoms with Crippen LogP contribution in [0, 0.1) is 0 Å². The van der Waals surface area contributed by atoms with Gasteiger partial charge in [-0.3, -0.25) is 0 Å². The van der Waals surface area contributed by atoms with Crippen molar-refractivity contribution in [1.29, 1.82) is 0 Å². The van der Waals surface area contributed by atoms with Crippen LogP contribution in [0.25, 0.3) is 115 Å². The molecule has 12 aromatic carbocycles. The fourth-order valence-electron chi connectivity index (χ4n) is 10.9. The molecule has 0 aliphatic carbocycles. The molecule has 0 N–H and O–H groups in total. The van der Waals surface area contributed by atoms with E-state index in [0.717, 1.165) is 72.2 Å². The van der Waals surface area contributed by atoms with Gasteiger partial charge in [-0.2, -0.15) is 0 Å². The number of fused-ring (bicyclic) bond motifs is 11. The number of rotatable bonds is 7. The Labute approximate surface area is 399 Å². The van der Waals surface area contributed by atoms with Crippen molar-refractivity contribution in [3.63, 3.8) is 0 Å². The van der Waals surface area contributed by atoms with Crippen LogP contribution in [0.3, 0.4) is 0 Å². The van der Waals surface area contributed by atoms with Gasteiger partial charge in [-0.1, -0.05) is 176 Å². The van der Waals surface area contributed by atoms with Crippen LogP contribution in [-0.2, 0) is 0 Å². The van der Waals surface area contributed by atoms with Gasteiger partial charge in [0.25, 0.3) is 0 Å². The summed E-state index contributed by atoms with van der Waals surface area (Å²) >= 11 is 0. The summed E-state index contributed by atoms with van der Waals surface area (Å²) in [5.74, 6) is 0. The number of aromatic nitrogens is 1. The minimum absolute atomic E-state index is 0.869. The van der Waals surface area contributed by atoms with Gasteiger partial charge in [0.05, 0.1) is 22.1 Å². The molecular formula is C66H42N2O. The van der Waals surface area contributed by atoms with E-state index in [4.69, 9.17) is 4.42 Å². The number of benzene rings is 12. The summed E-state index contributed by atoms with van der Waals surface area (Å²) in [6.45, 7) is 0. The van der Waals surface area contributed by atoms with Crippen molar-refractivity contribution in [2.45, 2.75) is 0 Å². The van der Waals surface area contributed by atoms with Crippen LogP contribution in [0.2, 0.25) is 0 Å². The molecule has 3 heteroatoms. The highest BCUT2D eigenvalue weighted by Crippen LogP contribution is 2.48. The molecule has 0 saturated carbocycles. The smallest absolute Gasteiger partial charge is 0.145 e. The molecule has 0 radical (unpaired) electrons. The fourth-order valence-corrected chi connectivity index (χ4v) is 10.9. The van der Waals surface area contributed by atoms with Gasteiger partial charge >= 0.3 is 0 Å². The molecule has 0 aliphatic rings. The highest BCUT2D eigenvalue weighted by atomic mass is 16.3. The number of nitrogens with zero attached hydrogens (tertiary/aromatic N) is 2. The Hall–Kier alpha value is -9.18. The largest absolute Gasteiger partial charge is 0.455 e. The average molecular weight is 879 g/mol. The van der Waals surface area contributed by atoms with Crippen LogP contribution in [0.1, 0.15) is 0 Å². The predicted molar refractivity (Wildman–Crippen MR) is 292 cm³/mol. The summed E-state index contributed by atoms with van der Waals surface area (Å²) in [6.07, 6.45) is 0. The topological polar surface area (TPSA) is 21.3 Å². The fraction of sp³-hybridized carbons (Fsp3) is 0. The molecule has 3 nitrogen and oxygen atoms in total. The Bertz CT molecular complexity index is 4280. The lowest BCUT2D eigenvalue weighted by molar-refractivity contribution is 0.674. The molecule has 2 aromatic heterocycles. The second-order valence-corrected chi connectivity index (χ2v) is 18.0. The van der Waals surface area contributed by atoms with Crippen LogP contribution in [0.5, 0.6) is 0 Å². The molecule has 14 aromatic rings. The van der Waals surface area contributed by atoms with Gasteiger partial charge in [-0.05, 0) is 134 Å². The molecule has 69 heavy (non-hydrogen) atoms.